The fourth-order valence-corrected chi connectivity index (χ4v) is 3.93. The predicted octanol–water partition coefficient (Wildman–Crippen LogP) is 6.07. The van der Waals surface area contributed by atoms with Gasteiger partial charge in [0.25, 0.3) is 0 Å². The highest BCUT2D eigenvalue weighted by Gasteiger charge is 2.18. The van der Waals surface area contributed by atoms with Crippen molar-refractivity contribution in [2.45, 2.75) is 53.0 Å². The highest BCUT2D eigenvalue weighted by Crippen LogP contribution is 2.35. The number of halogens is 1. The van der Waals surface area contributed by atoms with Crippen LogP contribution < -0.4 is 0 Å². The summed E-state index contributed by atoms with van der Waals surface area (Å²) in [4.78, 5) is 0. The van der Waals surface area contributed by atoms with Crippen molar-refractivity contribution < 1.29 is 5.11 Å². The van der Waals surface area contributed by atoms with Crippen molar-refractivity contribution in [1.29, 1.82) is 0 Å². The smallest absolute Gasteiger partial charge is 0.119 e. The first-order valence-electron chi connectivity index (χ1n) is 9.13. The average molecular weight is 356 g/mol. The number of aromatic hydroxyl groups is 1. The van der Waals surface area contributed by atoms with E-state index in [0.717, 1.165) is 42.8 Å². The molecule has 0 aliphatic rings. The van der Waals surface area contributed by atoms with Crippen molar-refractivity contribution >= 4 is 22.5 Å². The normalized spacial score (nSPS) is 11.4. The Bertz CT molecular complexity index is 877. The van der Waals surface area contributed by atoms with Gasteiger partial charge in [0.1, 0.15) is 5.75 Å². The standard InChI is InChI=1S/C22H26ClNO/c1-4-14-24-15(3)19(11-8-16-6-9-17(23)10-7-16)22-18(5-2)21(25)13-12-20(22)24/h6-7,9-10,12-13,25H,4-5,8,11,14H2,1-3H3. The van der Waals surface area contributed by atoms with Crippen molar-refractivity contribution in [1.82, 2.24) is 4.57 Å². The molecule has 1 heterocycles. The Hall–Kier alpha value is -1.93. The lowest BCUT2D eigenvalue weighted by atomic mass is 9.97. The Morgan fingerprint density at radius 2 is 1.68 bits per heavy atom. The van der Waals surface area contributed by atoms with Gasteiger partial charge < -0.3 is 9.67 Å². The molecular formula is C22H26ClNO. The summed E-state index contributed by atoms with van der Waals surface area (Å²) >= 11 is 6.00. The molecule has 0 saturated heterocycles. The maximum absolute atomic E-state index is 10.4. The number of hydrogen-bond donors (Lipinski definition) is 1. The molecule has 1 N–H and O–H groups in total. The average Bonchev–Trinajstić information content (AvgIpc) is 2.87. The van der Waals surface area contributed by atoms with Gasteiger partial charge >= 0.3 is 0 Å². The highest BCUT2D eigenvalue weighted by atomic mass is 35.5. The number of nitrogens with zero attached hydrogens (tertiary/aromatic N) is 1. The van der Waals surface area contributed by atoms with Crippen LogP contribution in [0.3, 0.4) is 0 Å². The van der Waals surface area contributed by atoms with E-state index in [0.29, 0.717) is 5.75 Å². The number of rotatable bonds is 6. The first-order valence-corrected chi connectivity index (χ1v) is 9.51. The molecule has 25 heavy (non-hydrogen) atoms. The molecule has 0 fully saturated rings. The molecule has 3 rings (SSSR count). The highest BCUT2D eigenvalue weighted by molar-refractivity contribution is 6.30. The molecule has 3 aromatic rings. The molecule has 0 unspecified atom stereocenters. The van der Waals surface area contributed by atoms with Gasteiger partial charge in [0, 0.05) is 33.7 Å². The Morgan fingerprint density at radius 1 is 0.960 bits per heavy atom. The number of phenolic OH excluding ortho intramolecular Hbond substituents is 1. The minimum atomic E-state index is 0.413. The maximum Gasteiger partial charge on any atom is 0.119 e. The first kappa shape index (κ1) is 17.9. The molecular weight excluding hydrogens is 330 g/mol. The van der Waals surface area contributed by atoms with E-state index in [-0.39, 0.29) is 0 Å². The summed E-state index contributed by atoms with van der Waals surface area (Å²) in [5.74, 6) is 0.413. The van der Waals surface area contributed by atoms with Gasteiger partial charge in [-0.3, -0.25) is 0 Å². The molecule has 0 aliphatic heterocycles. The van der Waals surface area contributed by atoms with Crippen molar-refractivity contribution in [3.05, 3.63) is 63.8 Å². The minimum absolute atomic E-state index is 0.413. The van der Waals surface area contributed by atoms with Gasteiger partial charge in [-0.1, -0.05) is 37.6 Å². The van der Waals surface area contributed by atoms with Gasteiger partial charge in [-0.15, -0.1) is 0 Å². The second-order valence-corrected chi connectivity index (χ2v) is 7.09. The van der Waals surface area contributed by atoms with Gasteiger partial charge in [-0.05, 0) is 68.0 Å². The molecule has 0 saturated carbocycles. The van der Waals surface area contributed by atoms with E-state index in [2.05, 4.69) is 43.5 Å². The molecule has 0 spiro atoms. The third-order valence-electron chi connectivity index (χ3n) is 5.08. The molecule has 0 radical (unpaired) electrons. The molecule has 132 valence electrons. The Kier molecular flexibility index (Phi) is 5.39. The number of hydrogen-bond acceptors (Lipinski definition) is 1. The van der Waals surface area contributed by atoms with Crippen molar-refractivity contribution in [2.24, 2.45) is 0 Å². The van der Waals surface area contributed by atoms with E-state index in [1.807, 2.05) is 18.2 Å². The van der Waals surface area contributed by atoms with Gasteiger partial charge in [-0.25, -0.2) is 0 Å². The summed E-state index contributed by atoms with van der Waals surface area (Å²) in [6, 6.07) is 12.0. The molecule has 0 amide bonds. The second kappa shape index (κ2) is 7.53. The lowest BCUT2D eigenvalue weighted by molar-refractivity contribution is 0.470. The topological polar surface area (TPSA) is 25.2 Å². The summed E-state index contributed by atoms with van der Waals surface area (Å²) < 4.78 is 2.41. The zero-order chi connectivity index (χ0) is 18.0. The number of aryl methyl sites for hydroxylation is 4. The lowest BCUT2D eigenvalue weighted by Crippen LogP contribution is -2.00. The van der Waals surface area contributed by atoms with Gasteiger partial charge in [0.05, 0.1) is 0 Å². The van der Waals surface area contributed by atoms with Crippen LogP contribution in [0.1, 0.15) is 42.7 Å². The quantitative estimate of drug-likeness (QED) is 0.570. The number of fused-ring (bicyclic) bond motifs is 1. The Morgan fingerprint density at radius 3 is 2.32 bits per heavy atom. The largest absolute Gasteiger partial charge is 0.508 e. The van der Waals surface area contributed by atoms with E-state index in [1.54, 1.807) is 0 Å². The molecule has 2 nitrogen and oxygen atoms in total. The number of phenols is 1. The van der Waals surface area contributed by atoms with Gasteiger partial charge in [-0.2, -0.15) is 0 Å². The van der Waals surface area contributed by atoms with Crippen LogP contribution in [-0.2, 0) is 25.8 Å². The van der Waals surface area contributed by atoms with Crippen LogP contribution >= 0.6 is 11.6 Å². The third kappa shape index (κ3) is 3.41. The van der Waals surface area contributed by atoms with Crippen LogP contribution in [-0.4, -0.2) is 9.67 Å². The maximum atomic E-state index is 10.4. The summed E-state index contributed by atoms with van der Waals surface area (Å²) in [5, 5.41) is 12.4. The SMILES string of the molecule is CCCn1c(C)c(CCc2ccc(Cl)cc2)c2c(CC)c(O)ccc21. The third-order valence-corrected chi connectivity index (χ3v) is 5.33. The Labute approximate surface area is 155 Å². The van der Waals surface area contributed by atoms with E-state index in [9.17, 15) is 5.11 Å². The van der Waals surface area contributed by atoms with Gasteiger partial charge in [0.2, 0.25) is 0 Å². The van der Waals surface area contributed by atoms with Gasteiger partial charge in [0.15, 0.2) is 0 Å². The van der Waals surface area contributed by atoms with Crippen molar-refractivity contribution in [3.63, 3.8) is 0 Å². The summed E-state index contributed by atoms with van der Waals surface area (Å²) in [6.45, 7) is 7.55. The summed E-state index contributed by atoms with van der Waals surface area (Å²) in [6.07, 6.45) is 3.88. The minimum Gasteiger partial charge on any atom is -0.508 e. The lowest BCUT2D eigenvalue weighted by Gasteiger charge is -2.08. The zero-order valence-electron chi connectivity index (χ0n) is 15.3. The van der Waals surface area contributed by atoms with Crippen LogP contribution in [0.2, 0.25) is 5.02 Å². The van der Waals surface area contributed by atoms with E-state index in [4.69, 9.17) is 11.6 Å². The number of benzene rings is 2. The molecule has 2 aromatic carbocycles. The second-order valence-electron chi connectivity index (χ2n) is 6.65. The fraction of sp³-hybridized carbons (Fsp3) is 0.364. The first-order chi connectivity index (χ1) is 12.1. The fourth-order valence-electron chi connectivity index (χ4n) is 3.81. The van der Waals surface area contributed by atoms with E-state index >= 15 is 0 Å². The molecule has 3 heteroatoms. The summed E-state index contributed by atoms with van der Waals surface area (Å²) in [5.41, 5.74) is 6.30. The predicted molar refractivity (Wildman–Crippen MR) is 107 cm³/mol. The number of aromatic nitrogens is 1. The van der Waals surface area contributed by atoms with Crippen molar-refractivity contribution in [3.8, 4) is 5.75 Å². The molecule has 0 atom stereocenters. The molecule has 0 aliphatic carbocycles. The van der Waals surface area contributed by atoms with Crippen LogP contribution in [0.15, 0.2) is 36.4 Å². The van der Waals surface area contributed by atoms with Crippen molar-refractivity contribution in [2.75, 3.05) is 0 Å². The Balaban J connectivity index is 2.07. The van der Waals surface area contributed by atoms with E-state index in [1.165, 1.54) is 27.7 Å². The zero-order valence-corrected chi connectivity index (χ0v) is 16.0. The van der Waals surface area contributed by atoms with Crippen LogP contribution in [0.5, 0.6) is 5.75 Å². The van der Waals surface area contributed by atoms with Crippen LogP contribution in [0, 0.1) is 6.92 Å². The monoisotopic (exact) mass is 355 g/mol. The molecule has 1 aromatic heterocycles. The van der Waals surface area contributed by atoms with Crippen LogP contribution in [0.4, 0.5) is 0 Å². The molecule has 0 bridgehead atoms. The van der Waals surface area contributed by atoms with E-state index < -0.39 is 0 Å². The summed E-state index contributed by atoms with van der Waals surface area (Å²) in [7, 11) is 0. The van der Waals surface area contributed by atoms with Crippen LogP contribution in [0.25, 0.3) is 10.9 Å².